The van der Waals surface area contributed by atoms with Crippen LogP contribution in [0.15, 0.2) is 72.8 Å². The molecule has 12 nitrogen and oxygen atoms in total. The average Bonchev–Trinajstić information content (AvgIpc) is 0.790. The molecule has 16 aliphatic carbocycles. The molecule has 852 valence electrons. The average molecular weight is 2080 g/mol. The van der Waals surface area contributed by atoms with E-state index >= 15 is 0 Å². The summed E-state index contributed by atoms with van der Waals surface area (Å²) in [5.41, 5.74) is 13.1. The van der Waals surface area contributed by atoms with Crippen molar-refractivity contribution < 1.29 is 56.8 Å². The minimum Gasteiger partial charge on any atom is -0.493 e. The molecule has 0 amide bonds. The van der Waals surface area contributed by atoms with Crippen LogP contribution >= 0.6 is 0 Å². The summed E-state index contributed by atoms with van der Waals surface area (Å²) in [6.45, 7) is 35.1. The highest BCUT2D eigenvalue weighted by molar-refractivity contribution is 5.61. The molecule has 22 rings (SSSR count). The highest BCUT2D eigenvalue weighted by atomic mass is 16.5. The molecule has 0 aliphatic heterocycles. The van der Waals surface area contributed by atoms with Crippen molar-refractivity contribution in [2.75, 3.05) is 79.3 Å². The van der Waals surface area contributed by atoms with Crippen LogP contribution in [0.3, 0.4) is 0 Å². The maximum atomic E-state index is 7.50. The van der Waals surface area contributed by atoms with E-state index in [-0.39, 0.29) is 0 Å². The van der Waals surface area contributed by atoms with Crippen molar-refractivity contribution in [3.8, 4) is 69.0 Å². The monoisotopic (exact) mass is 2080 g/mol. The molecule has 0 heterocycles. The van der Waals surface area contributed by atoms with E-state index in [1.807, 2.05) is 0 Å². The predicted octanol–water partition coefficient (Wildman–Crippen LogP) is 42.4. The van der Waals surface area contributed by atoms with Crippen LogP contribution in [0.5, 0.6) is 69.0 Å². The second kappa shape index (κ2) is 88.0. The Morgan fingerprint density at radius 1 is 0.100 bits per heavy atom. The Bertz CT molecular complexity index is 3320. The van der Waals surface area contributed by atoms with E-state index in [1.165, 1.54) is 308 Å². The molecule has 150 heavy (non-hydrogen) atoms. The summed E-state index contributed by atoms with van der Waals surface area (Å²) in [7, 11) is 0. The van der Waals surface area contributed by atoms with Crippen LogP contribution in [-0.4, -0.2) is 79.3 Å². The van der Waals surface area contributed by atoms with Gasteiger partial charge in [-0.3, -0.25) is 0 Å². The summed E-state index contributed by atoms with van der Waals surface area (Å²) in [5.74, 6) is 10.8. The van der Waals surface area contributed by atoms with Crippen molar-refractivity contribution in [2.45, 2.75) is 584 Å². The van der Waals surface area contributed by atoms with Gasteiger partial charge in [0, 0.05) is 105 Å². The SMILES string of the molecule is CCCCCCCCOc1cc2c(OCCCCCCCC)cc1Cc1cc(OCCCCCCCC)c(cc1OCCCCCCCC)Cc1cc(OCCCCCCCC)c(cc1OCCCCCCCC)Cc1cc(OCCCCCCCC)c(cc1OCCCCCCCC)Cc1cc(OCCCCCCCC)c(cc1OCCCCCCCC)Cc1cc(OCCCCCCCC)c(cc1OCCCCCCCC)C2. The van der Waals surface area contributed by atoms with Gasteiger partial charge in [-0.2, -0.15) is 0 Å². The lowest BCUT2D eigenvalue weighted by Crippen LogP contribution is -2.11. The molecule has 0 saturated heterocycles. The van der Waals surface area contributed by atoms with Crippen LogP contribution in [0.1, 0.15) is 612 Å². The highest BCUT2D eigenvalue weighted by Gasteiger charge is 2.28. The zero-order valence-electron chi connectivity index (χ0n) is 99.5. The Balaban J connectivity index is 1.70. The molecule has 0 N–H and O–H groups in total. The van der Waals surface area contributed by atoms with Gasteiger partial charge < -0.3 is 56.8 Å². The minimum atomic E-state index is 0.545. The molecule has 12 heteroatoms. The summed E-state index contributed by atoms with van der Waals surface area (Å²) in [6, 6.07) is 28.7. The van der Waals surface area contributed by atoms with Gasteiger partial charge in [0.1, 0.15) is 69.0 Å². The Hall–Kier alpha value is -7.08. The lowest BCUT2D eigenvalue weighted by atomic mass is 9.92. The Morgan fingerprint density at radius 2 is 0.167 bits per heavy atom. The summed E-state index contributed by atoms with van der Waals surface area (Å²) in [6.07, 6.45) is 87.4. The molecule has 0 spiro atoms. The molecular weight excluding hydrogens is 1850 g/mol. The molecule has 6 aromatic carbocycles. The summed E-state index contributed by atoms with van der Waals surface area (Å²) < 4.78 is 90.0. The van der Waals surface area contributed by atoms with Crippen molar-refractivity contribution in [3.05, 3.63) is 140 Å². The Morgan fingerprint density at radius 3 is 0.240 bits per heavy atom. The molecule has 0 atom stereocenters. The first-order chi connectivity index (χ1) is 74.1. The topological polar surface area (TPSA) is 111 Å². The first-order valence-electron chi connectivity index (χ1n) is 64.6. The lowest BCUT2D eigenvalue weighted by Gasteiger charge is -2.24. The van der Waals surface area contributed by atoms with Gasteiger partial charge in [0.15, 0.2) is 0 Å². The molecule has 0 fully saturated rings. The normalized spacial score (nSPS) is 12.1. The van der Waals surface area contributed by atoms with Crippen LogP contribution < -0.4 is 56.8 Å². The summed E-state index contributed by atoms with van der Waals surface area (Å²) in [5, 5.41) is 0. The molecule has 0 unspecified atom stereocenters. The first-order valence-corrected chi connectivity index (χ1v) is 64.6. The van der Waals surface area contributed by atoms with E-state index < -0.39 is 0 Å². The molecule has 0 radical (unpaired) electrons. The number of benzene rings is 6. The number of unbranched alkanes of at least 4 members (excludes halogenated alkanes) is 60. The van der Waals surface area contributed by atoms with E-state index in [0.717, 1.165) is 290 Å². The van der Waals surface area contributed by atoms with Crippen molar-refractivity contribution in [1.29, 1.82) is 0 Å². The van der Waals surface area contributed by atoms with Gasteiger partial charge in [0.05, 0.1) is 79.3 Å². The fraction of sp³-hybridized carbons (Fsp3) is 0.739. The Kier molecular flexibility index (Phi) is 76.2. The van der Waals surface area contributed by atoms with Crippen molar-refractivity contribution in [2.24, 2.45) is 0 Å². The second-order valence-corrected chi connectivity index (χ2v) is 44.9. The zero-order chi connectivity index (χ0) is 106. The van der Waals surface area contributed by atoms with E-state index in [1.54, 1.807) is 0 Å². The first kappa shape index (κ1) is 130. The molecule has 16 aliphatic rings. The number of hydrogen-bond donors (Lipinski definition) is 0. The fourth-order valence-corrected chi connectivity index (χ4v) is 21.1. The van der Waals surface area contributed by atoms with Crippen molar-refractivity contribution in [3.63, 3.8) is 0 Å². The van der Waals surface area contributed by atoms with Gasteiger partial charge in [-0.25, -0.2) is 0 Å². The van der Waals surface area contributed by atoms with Crippen molar-refractivity contribution >= 4 is 0 Å². The van der Waals surface area contributed by atoms with Crippen molar-refractivity contribution in [1.82, 2.24) is 0 Å². The van der Waals surface area contributed by atoms with Crippen LogP contribution in [0.2, 0.25) is 0 Å². The van der Waals surface area contributed by atoms with E-state index in [0.29, 0.717) is 118 Å². The van der Waals surface area contributed by atoms with E-state index in [4.69, 9.17) is 56.8 Å². The Labute approximate surface area is 922 Å². The molecule has 0 aromatic heterocycles. The second-order valence-electron chi connectivity index (χ2n) is 44.9. The maximum Gasteiger partial charge on any atom is 0.123 e. The van der Waals surface area contributed by atoms with Crippen LogP contribution in [0, 0.1) is 0 Å². The number of hydrogen-bond acceptors (Lipinski definition) is 12. The smallest absolute Gasteiger partial charge is 0.123 e. The number of ether oxygens (including phenoxy) is 12. The number of rotatable bonds is 96. The van der Waals surface area contributed by atoms with Gasteiger partial charge >= 0.3 is 0 Å². The molecular formula is C138H228O12. The third-order valence-corrected chi connectivity index (χ3v) is 30.8. The largest absolute Gasteiger partial charge is 0.493 e. The van der Waals surface area contributed by atoms with Crippen LogP contribution in [0.4, 0.5) is 0 Å². The third-order valence-electron chi connectivity index (χ3n) is 30.8. The predicted molar refractivity (Wildman–Crippen MR) is 642 cm³/mol. The van der Waals surface area contributed by atoms with Gasteiger partial charge in [0.2, 0.25) is 0 Å². The van der Waals surface area contributed by atoms with Gasteiger partial charge in [-0.15, -0.1) is 0 Å². The summed E-state index contributed by atoms with van der Waals surface area (Å²) >= 11 is 0. The molecule has 0 saturated carbocycles. The highest BCUT2D eigenvalue weighted by Crippen LogP contribution is 2.46. The molecule has 12 bridgehead atoms. The van der Waals surface area contributed by atoms with Gasteiger partial charge in [-0.05, 0) is 150 Å². The quantitative estimate of drug-likeness (QED) is 0.0339. The fourth-order valence-electron chi connectivity index (χ4n) is 21.1. The lowest BCUT2D eigenvalue weighted by molar-refractivity contribution is 0.286. The van der Waals surface area contributed by atoms with Crippen LogP contribution in [0.25, 0.3) is 0 Å². The third kappa shape index (κ3) is 56.5. The summed E-state index contributed by atoms with van der Waals surface area (Å²) in [4.78, 5) is 0. The maximum absolute atomic E-state index is 7.50. The van der Waals surface area contributed by atoms with Gasteiger partial charge in [-0.1, -0.05) is 468 Å². The molecule has 6 aromatic rings. The zero-order valence-corrected chi connectivity index (χ0v) is 99.5. The van der Waals surface area contributed by atoms with E-state index in [2.05, 4.69) is 156 Å². The van der Waals surface area contributed by atoms with Crippen LogP contribution in [-0.2, 0) is 38.5 Å². The van der Waals surface area contributed by atoms with E-state index in [9.17, 15) is 0 Å². The minimum absolute atomic E-state index is 0.545. The standard InChI is InChI=1S/C138H228O12/c1-13-25-37-49-61-73-85-139-127-103-116-98-118-106-132(144-90-78-66-54-42-30-18-6)120(108-131(118)143-89-77-65-53-41-29-17-5)100-122-110-136(148-94-82-70-58-46-34-22-10)124(112-135(122)147-93-81-69-57-45-33-21-9)102-126-114-137(149-95-83-71-59-47-35-23-11)125(113-138(126)150-96-84-72-60-48-36-24-12)101-123-111-133(145-91-79-67-55-43-31-19-7)121(109-134(123)146-92-80-68-56-44-32-20-8)99-119-107-129(141-87-75-63-51-39-27-15-3)117(105-130(119)142-88-76-64-52-40-28-16-4)97-115(127)104-128(116)140-86-74-62-50-38-26-14-2/h103-114H,13-102H2,1-12H3. The van der Waals surface area contributed by atoms with Gasteiger partial charge in [0.25, 0.3) is 0 Å².